The third kappa shape index (κ3) is 4.47. The van der Waals surface area contributed by atoms with Gasteiger partial charge in [-0.1, -0.05) is 19.1 Å². The van der Waals surface area contributed by atoms with Gasteiger partial charge in [-0.05, 0) is 38.0 Å². The Balaban J connectivity index is 1.86. The Bertz CT molecular complexity index is 565. The van der Waals surface area contributed by atoms with Crippen molar-refractivity contribution in [1.82, 2.24) is 9.80 Å². The number of aliphatic carboxylic acids is 1. The minimum absolute atomic E-state index is 0.0582. The molecule has 2 atom stereocenters. The van der Waals surface area contributed by atoms with Gasteiger partial charge in [-0.25, -0.2) is 0 Å². The Morgan fingerprint density at radius 3 is 2.21 bits per heavy atom. The molecule has 0 unspecified atom stereocenters. The van der Waals surface area contributed by atoms with Crippen molar-refractivity contribution in [2.24, 2.45) is 0 Å². The highest BCUT2D eigenvalue weighted by molar-refractivity contribution is 5.81. The van der Waals surface area contributed by atoms with Gasteiger partial charge in [0.15, 0.2) is 6.10 Å². The van der Waals surface area contributed by atoms with Crippen LogP contribution in [0, 0.1) is 0 Å². The van der Waals surface area contributed by atoms with Crippen molar-refractivity contribution < 1.29 is 19.4 Å². The summed E-state index contributed by atoms with van der Waals surface area (Å²) in [4.78, 5) is 27.2. The number of carboxylic acids is 1. The van der Waals surface area contributed by atoms with Crippen LogP contribution in [0.15, 0.2) is 24.3 Å². The van der Waals surface area contributed by atoms with Gasteiger partial charge in [-0.3, -0.25) is 14.5 Å². The predicted molar refractivity (Wildman–Crippen MR) is 91.2 cm³/mol. The lowest BCUT2D eigenvalue weighted by molar-refractivity contribution is -0.145. The number of aryl methyl sites for hydroxylation is 1. The number of nitrogens with zero attached hydrogens (tertiary/aromatic N) is 2. The average Bonchev–Trinajstić information content (AvgIpc) is 2.61. The number of hydrogen-bond donors (Lipinski definition) is 1. The number of carboxylic acid groups (broad SMARTS) is 1. The fourth-order valence-corrected chi connectivity index (χ4v) is 2.80. The second-order valence-electron chi connectivity index (χ2n) is 6.13. The largest absolute Gasteiger partial charge is 0.481 e. The van der Waals surface area contributed by atoms with E-state index in [1.807, 2.05) is 29.2 Å². The standard InChI is InChI=1S/C18H26N2O4/c1-4-15-5-7-16(8-6-15)24-14(3)17(21)20-11-9-19(10-12-20)13(2)18(22)23/h5-8,13-14H,4,9-12H2,1-3H3,(H,22,23)/t13-,14+/m0/s1. The lowest BCUT2D eigenvalue weighted by atomic mass is 10.2. The average molecular weight is 334 g/mol. The molecule has 0 saturated carbocycles. The highest BCUT2D eigenvalue weighted by atomic mass is 16.5. The van der Waals surface area contributed by atoms with E-state index in [4.69, 9.17) is 9.84 Å². The third-order valence-corrected chi connectivity index (χ3v) is 4.52. The Kier molecular flexibility index (Phi) is 6.20. The summed E-state index contributed by atoms with van der Waals surface area (Å²) >= 11 is 0. The van der Waals surface area contributed by atoms with Crippen LogP contribution in [0.4, 0.5) is 0 Å². The number of carbonyl (C=O) groups excluding carboxylic acids is 1. The minimum atomic E-state index is -0.831. The molecule has 1 N–H and O–H groups in total. The molecular formula is C18H26N2O4. The highest BCUT2D eigenvalue weighted by Gasteiger charge is 2.29. The number of rotatable bonds is 6. The fourth-order valence-electron chi connectivity index (χ4n) is 2.80. The van der Waals surface area contributed by atoms with E-state index < -0.39 is 18.1 Å². The van der Waals surface area contributed by atoms with E-state index in [0.717, 1.165) is 6.42 Å². The van der Waals surface area contributed by atoms with Crippen LogP contribution in [0.3, 0.4) is 0 Å². The summed E-state index contributed by atoms with van der Waals surface area (Å²) in [6.45, 7) is 7.70. The first-order valence-electron chi connectivity index (χ1n) is 8.43. The number of hydrogen-bond acceptors (Lipinski definition) is 4. The van der Waals surface area contributed by atoms with E-state index in [-0.39, 0.29) is 5.91 Å². The Labute approximate surface area is 143 Å². The summed E-state index contributed by atoms with van der Waals surface area (Å²) in [5.74, 6) is -0.203. The van der Waals surface area contributed by atoms with Crippen molar-refractivity contribution in [3.05, 3.63) is 29.8 Å². The van der Waals surface area contributed by atoms with Crippen molar-refractivity contribution in [2.45, 2.75) is 39.3 Å². The molecule has 1 aromatic rings. The van der Waals surface area contributed by atoms with Gasteiger partial charge in [0.25, 0.3) is 5.91 Å². The van der Waals surface area contributed by atoms with Gasteiger partial charge < -0.3 is 14.7 Å². The summed E-state index contributed by atoms with van der Waals surface area (Å²) in [5.41, 5.74) is 1.23. The first-order valence-corrected chi connectivity index (χ1v) is 8.43. The molecule has 0 spiro atoms. The van der Waals surface area contributed by atoms with Gasteiger partial charge in [-0.2, -0.15) is 0 Å². The molecule has 6 heteroatoms. The minimum Gasteiger partial charge on any atom is -0.481 e. The van der Waals surface area contributed by atoms with E-state index in [9.17, 15) is 9.59 Å². The third-order valence-electron chi connectivity index (χ3n) is 4.52. The van der Waals surface area contributed by atoms with Gasteiger partial charge >= 0.3 is 5.97 Å². The molecule has 0 aromatic heterocycles. The molecule has 1 saturated heterocycles. The van der Waals surface area contributed by atoms with E-state index in [1.165, 1.54) is 5.56 Å². The fraction of sp³-hybridized carbons (Fsp3) is 0.556. The first kappa shape index (κ1) is 18.3. The molecule has 1 aliphatic heterocycles. The topological polar surface area (TPSA) is 70.1 Å². The monoisotopic (exact) mass is 334 g/mol. The molecule has 0 radical (unpaired) electrons. The second-order valence-corrected chi connectivity index (χ2v) is 6.13. The zero-order valence-electron chi connectivity index (χ0n) is 14.6. The van der Waals surface area contributed by atoms with Crippen LogP contribution in [0.25, 0.3) is 0 Å². The number of amides is 1. The van der Waals surface area contributed by atoms with Crippen molar-refractivity contribution in [1.29, 1.82) is 0 Å². The van der Waals surface area contributed by atoms with Gasteiger partial charge in [0.05, 0.1) is 0 Å². The van der Waals surface area contributed by atoms with Crippen LogP contribution in [0.1, 0.15) is 26.3 Å². The van der Waals surface area contributed by atoms with Crippen molar-refractivity contribution >= 4 is 11.9 Å². The van der Waals surface area contributed by atoms with E-state index in [1.54, 1.807) is 18.7 Å². The SMILES string of the molecule is CCc1ccc(O[C@H](C)C(=O)N2CCN([C@@H](C)C(=O)O)CC2)cc1. The van der Waals surface area contributed by atoms with Crippen LogP contribution in [0.2, 0.25) is 0 Å². The van der Waals surface area contributed by atoms with Gasteiger partial charge in [0, 0.05) is 26.2 Å². The van der Waals surface area contributed by atoms with Crippen LogP contribution < -0.4 is 4.74 Å². The summed E-state index contributed by atoms with van der Waals surface area (Å²) in [6, 6.07) is 7.24. The van der Waals surface area contributed by atoms with Crippen LogP contribution in [-0.4, -0.2) is 65.1 Å². The van der Waals surface area contributed by atoms with E-state index >= 15 is 0 Å². The maximum Gasteiger partial charge on any atom is 0.320 e. The molecule has 1 aliphatic rings. The molecule has 1 amide bonds. The normalized spacial score (nSPS) is 18.0. The van der Waals surface area contributed by atoms with E-state index in [0.29, 0.717) is 31.9 Å². The van der Waals surface area contributed by atoms with Crippen LogP contribution >= 0.6 is 0 Å². The zero-order chi connectivity index (χ0) is 17.7. The molecule has 24 heavy (non-hydrogen) atoms. The molecule has 2 rings (SSSR count). The lowest BCUT2D eigenvalue weighted by Crippen LogP contribution is -2.55. The number of ether oxygens (including phenoxy) is 1. The van der Waals surface area contributed by atoms with Crippen LogP contribution in [-0.2, 0) is 16.0 Å². The number of piperazine rings is 1. The summed E-state index contributed by atoms with van der Waals surface area (Å²) < 4.78 is 5.74. The predicted octanol–water partition coefficient (Wildman–Crippen LogP) is 1.63. The van der Waals surface area contributed by atoms with Gasteiger partial charge in [-0.15, -0.1) is 0 Å². The highest BCUT2D eigenvalue weighted by Crippen LogP contribution is 2.16. The Hall–Kier alpha value is -2.08. The number of carbonyl (C=O) groups is 2. The van der Waals surface area contributed by atoms with Crippen molar-refractivity contribution in [3.8, 4) is 5.75 Å². The zero-order valence-corrected chi connectivity index (χ0v) is 14.6. The Morgan fingerprint density at radius 1 is 1.12 bits per heavy atom. The van der Waals surface area contributed by atoms with Gasteiger partial charge in [0.1, 0.15) is 11.8 Å². The smallest absolute Gasteiger partial charge is 0.320 e. The van der Waals surface area contributed by atoms with Crippen LogP contribution in [0.5, 0.6) is 5.75 Å². The molecule has 1 aromatic carbocycles. The molecule has 1 heterocycles. The first-order chi connectivity index (χ1) is 11.4. The summed E-state index contributed by atoms with van der Waals surface area (Å²) in [5, 5.41) is 9.06. The molecular weight excluding hydrogens is 308 g/mol. The second kappa shape index (κ2) is 8.15. The summed E-state index contributed by atoms with van der Waals surface area (Å²) in [6.07, 6.45) is 0.411. The van der Waals surface area contributed by atoms with Crippen molar-refractivity contribution in [3.63, 3.8) is 0 Å². The quantitative estimate of drug-likeness (QED) is 0.856. The lowest BCUT2D eigenvalue weighted by Gasteiger charge is -2.37. The molecule has 0 aliphatic carbocycles. The maximum atomic E-state index is 12.5. The summed E-state index contributed by atoms with van der Waals surface area (Å²) in [7, 11) is 0. The molecule has 1 fully saturated rings. The Morgan fingerprint density at radius 2 is 1.71 bits per heavy atom. The van der Waals surface area contributed by atoms with E-state index in [2.05, 4.69) is 6.92 Å². The molecule has 0 bridgehead atoms. The van der Waals surface area contributed by atoms with Gasteiger partial charge in [0.2, 0.25) is 0 Å². The maximum absolute atomic E-state index is 12.5. The number of benzene rings is 1. The van der Waals surface area contributed by atoms with Crippen molar-refractivity contribution in [2.75, 3.05) is 26.2 Å². The molecule has 132 valence electrons. The molecule has 6 nitrogen and oxygen atoms in total.